The van der Waals surface area contributed by atoms with E-state index in [-0.39, 0.29) is 23.8 Å². The number of carbonyl (C=O) groups excluding carboxylic acids is 2. The van der Waals surface area contributed by atoms with Crippen LogP contribution >= 0.6 is 0 Å². The van der Waals surface area contributed by atoms with Gasteiger partial charge in [0.05, 0.1) is 12.5 Å². The summed E-state index contributed by atoms with van der Waals surface area (Å²) in [6.07, 6.45) is 3.11. The van der Waals surface area contributed by atoms with Crippen molar-refractivity contribution >= 4 is 11.8 Å². The van der Waals surface area contributed by atoms with Crippen LogP contribution in [0.5, 0.6) is 0 Å². The predicted octanol–water partition coefficient (Wildman–Crippen LogP) is -0.192. The van der Waals surface area contributed by atoms with E-state index in [4.69, 9.17) is 4.74 Å². The first-order valence-electron chi connectivity index (χ1n) is 5.90. The van der Waals surface area contributed by atoms with Gasteiger partial charge >= 0.3 is 0 Å². The lowest BCUT2D eigenvalue weighted by molar-refractivity contribution is -0.131. The van der Waals surface area contributed by atoms with Gasteiger partial charge < -0.3 is 15.4 Å². The largest absolute Gasteiger partial charge is 0.381 e. The summed E-state index contributed by atoms with van der Waals surface area (Å²) in [5.41, 5.74) is 0. The number of carbonyl (C=O) groups is 2. The molecule has 5 heteroatoms. The van der Waals surface area contributed by atoms with Crippen LogP contribution in [0.1, 0.15) is 25.7 Å². The van der Waals surface area contributed by atoms with Gasteiger partial charge in [0.15, 0.2) is 0 Å². The topological polar surface area (TPSA) is 67.4 Å². The fourth-order valence-corrected chi connectivity index (χ4v) is 2.12. The molecule has 2 aliphatic heterocycles. The van der Waals surface area contributed by atoms with Crippen molar-refractivity contribution in [2.75, 3.05) is 19.8 Å². The Bertz CT molecular complexity index is 264. The van der Waals surface area contributed by atoms with Crippen molar-refractivity contribution in [3.8, 4) is 0 Å². The van der Waals surface area contributed by atoms with Crippen LogP contribution in [0.2, 0.25) is 0 Å². The molecule has 2 atom stereocenters. The number of piperidine rings is 1. The Kier molecular flexibility index (Phi) is 3.77. The number of rotatable bonds is 2. The van der Waals surface area contributed by atoms with Gasteiger partial charge in [0.25, 0.3) is 0 Å². The van der Waals surface area contributed by atoms with E-state index in [1.54, 1.807) is 0 Å². The third kappa shape index (κ3) is 2.95. The van der Waals surface area contributed by atoms with Gasteiger partial charge in [-0.05, 0) is 19.3 Å². The molecule has 90 valence electrons. The third-order valence-electron chi connectivity index (χ3n) is 3.14. The Morgan fingerprint density at radius 1 is 1.44 bits per heavy atom. The first-order valence-corrected chi connectivity index (χ1v) is 5.90. The molecule has 5 nitrogen and oxygen atoms in total. The lowest BCUT2D eigenvalue weighted by atomic mass is 10.00. The Balaban J connectivity index is 1.75. The molecule has 0 aromatic rings. The summed E-state index contributed by atoms with van der Waals surface area (Å²) in [5, 5.41) is 5.73. The molecule has 2 N–H and O–H groups in total. The highest BCUT2D eigenvalue weighted by Gasteiger charge is 2.25. The SMILES string of the molecule is O=C1CCC(NC(=O)C2CCCOC2)CN1. The van der Waals surface area contributed by atoms with E-state index in [2.05, 4.69) is 10.6 Å². The Labute approximate surface area is 94.9 Å². The van der Waals surface area contributed by atoms with Crippen LogP contribution in [0.25, 0.3) is 0 Å². The van der Waals surface area contributed by atoms with Crippen molar-refractivity contribution in [3.63, 3.8) is 0 Å². The molecular formula is C11H18N2O3. The lowest BCUT2D eigenvalue weighted by Gasteiger charge is -2.27. The molecule has 2 heterocycles. The highest BCUT2D eigenvalue weighted by Crippen LogP contribution is 2.14. The van der Waals surface area contributed by atoms with Gasteiger partial charge in [-0.15, -0.1) is 0 Å². The zero-order chi connectivity index (χ0) is 11.4. The molecule has 0 aromatic carbocycles. The third-order valence-corrected chi connectivity index (χ3v) is 3.14. The maximum atomic E-state index is 11.8. The van der Waals surface area contributed by atoms with Crippen LogP contribution in [-0.4, -0.2) is 37.6 Å². The van der Waals surface area contributed by atoms with Crippen molar-refractivity contribution < 1.29 is 14.3 Å². The van der Waals surface area contributed by atoms with E-state index in [1.165, 1.54) is 0 Å². The van der Waals surface area contributed by atoms with Gasteiger partial charge in [0.1, 0.15) is 0 Å². The first-order chi connectivity index (χ1) is 7.75. The molecule has 2 aliphatic rings. The highest BCUT2D eigenvalue weighted by atomic mass is 16.5. The number of hydrogen-bond donors (Lipinski definition) is 2. The first kappa shape index (κ1) is 11.4. The molecule has 2 rings (SSSR count). The van der Waals surface area contributed by atoms with Crippen molar-refractivity contribution in [2.24, 2.45) is 5.92 Å². The molecule has 0 spiro atoms. The minimum absolute atomic E-state index is 0.00798. The fraction of sp³-hybridized carbons (Fsp3) is 0.818. The minimum atomic E-state index is -0.00798. The number of nitrogens with one attached hydrogen (secondary N) is 2. The van der Waals surface area contributed by atoms with E-state index in [1.807, 2.05) is 0 Å². The molecular weight excluding hydrogens is 208 g/mol. The van der Waals surface area contributed by atoms with E-state index in [9.17, 15) is 9.59 Å². The number of hydrogen-bond acceptors (Lipinski definition) is 3. The summed E-state index contributed by atoms with van der Waals surface area (Å²) in [7, 11) is 0. The van der Waals surface area contributed by atoms with Gasteiger partial charge in [-0.25, -0.2) is 0 Å². The molecule has 2 saturated heterocycles. The lowest BCUT2D eigenvalue weighted by Crippen LogP contribution is -2.50. The van der Waals surface area contributed by atoms with Crippen LogP contribution in [0.15, 0.2) is 0 Å². The minimum Gasteiger partial charge on any atom is -0.381 e. The predicted molar refractivity (Wildman–Crippen MR) is 57.7 cm³/mol. The average molecular weight is 226 g/mol. The maximum absolute atomic E-state index is 11.8. The van der Waals surface area contributed by atoms with Crippen LogP contribution in [0, 0.1) is 5.92 Å². The van der Waals surface area contributed by atoms with Crippen molar-refractivity contribution in [3.05, 3.63) is 0 Å². The van der Waals surface area contributed by atoms with E-state index >= 15 is 0 Å². The van der Waals surface area contributed by atoms with Gasteiger partial charge in [-0.2, -0.15) is 0 Å². The monoisotopic (exact) mass is 226 g/mol. The fourth-order valence-electron chi connectivity index (χ4n) is 2.12. The summed E-state index contributed by atoms with van der Waals surface area (Å²) in [4.78, 5) is 22.8. The molecule has 0 aliphatic carbocycles. The quantitative estimate of drug-likeness (QED) is 0.685. The summed E-state index contributed by atoms with van der Waals surface area (Å²) < 4.78 is 5.28. The standard InChI is InChI=1S/C11H18N2O3/c14-10-4-3-9(6-12-10)13-11(15)8-2-1-5-16-7-8/h8-9H,1-7H2,(H,12,14)(H,13,15). The van der Waals surface area contributed by atoms with Crippen LogP contribution < -0.4 is 10.6 Å². The second kappa shape index (κ2) is 5.30. The molecule has 2 fully saturated rings. The average Bonchev–Trinajstić information content (AvgIpc) is 2.33. The number of ether oxygens (including phenoxy) is 1. The zero-order valence-corrected chi connectivity index (χ0v) is 9.33. The molecule has 0 aromatic heterocycles. The van der Waals surface area contributed by atoms with E-state index < -0.39 is 0 Å². The zero-order valence-electron chi connectivity index (χ0n) is 9.33. The van der Waals surface area contributed by atoms with Crippen molar-refractivity contribution in [1.82, 2.24) is 10.6 Å². The Morgan fingerprint density at radius 2 is 2.31 bits per heavy atom. The molecule has 0 saturated carbocycles. The molecule has 0 radical (unpaired) electrons. The molecule has 0 bridgehead atoms. The molecule has 16 heavy (non-hydrogen) atoms. The Hall–Kier alpha value is -1.10. The van der Waals surface area contributed by atoms with Gasteiger partial charge in [-0.1, -0.05) is 0 Å². The van der Waals surface area contributed by atoms with Crippen LogP contribution in [-0.2, 0) is 14.3 Å². The maximum Gasteiger partial charge on any atom is 0.225 e. The molecule has 2 unspecified atom stereocenters. The summed E-state index contributed by atoms with van der Waals surface area (Å²) in [6, 6.07) is 0.0899. The van der Waals surface area contributed by atoms with Gasteiger partial charge in [0.2, 0.25) is 11.8 Å². The smallest absolute Gasteiger partial charge is 0.225 e. The van der Waals surface area contributed by atoms with Crippen molar-refractivity contribution in [2.45, 2.75) is 31.7 Å². The van der Waals surface area contributed by atoms with E-state index in [0.717, 1.165) is 25.9 Å². The highest BCUT2D eigenvalue weighted by molar-refractivity contribution is 5.80. The number of amides is 2. The second-order valence-electron chi connectivity index (χ2n) is 4.46. The normalized spacial score (nSPS) is 30.6. The van der Waals surface area contributed by atoms with Crippen LogP contribution in [0.3, 0.4) is 0 Å². The van der Waals surface area contributed by atoms with Gasteiger partial charge in [0, 0.05) is 25.6 Å². The summed E-state index contributed by atoms with van der Waals surface area (Å²) in [5.74, 6) is 0.138. The second-order valence-corrected chi connectivity index (χ2v) is 4.46. The van der Waals surface area contributed by atoms with Crippen molar-refractivity contribution in [1.29, 1.82) is 0 Å². The van der Waals surface area contributed by atoms with Gasteiger partial charge in [-0.3, -0.25) is 9.59 Å². The van der Waals surface area contributed by atoms with Crippen LogP contribution in [0.4, 0.5) is 0 Å². The summed E-state index contributed by atoms with van der Waals surface area (Å²) >= 11 is 0. The Morgan fingerprint density at radius 3 is 2.94 bits per heavy atom. The van der Waals surface area contributed by atoms with E-state index in [0.29, 0.717) is 19.6 Å². The molecule has 2 amide bonds. The summed E-state index contributed by atoms with van der Waals surface area (Å²) in [6.45, 7) is 1.85.